The van der Waals surface area contributed by atoms with Crippen LogP contribution in [0.4, 0.5) is 0 Å². The van der Waals surface area contributed by atoms with E-state index in [1.54, 1.807) is 43.6 Å². The van der Waals surface area contributed by atoms with Gasteiger partial charge in [-0.2, -0.15) is 0 Å². The van der Waals surface area contributed by atoms with Crippen molar-refractivity contribution in [3.63, 3.8) is 0 Å². The minimum Gasteiger partial charge on any atom is -0.496 e. The number of carbonyl (C=O) groups is 1. The Morgan fingerprint density at radius 3 is 2.83 bits per heavy atom. The van der Waals surface area contributed by atoms with Crippen molar-refractivity contribution in [3.05, 3.63) is 59.4 Å². The van der Waals surface area contributed by atoms with Gasteiger partial charge in [-0.1, -0.05) is 12.1 Å². The zero-order valence-electron chi connectivity index (χ0n) is 10.1. The Hall–Kier alpha value is -2.20. The van der Waals surface area contributed by atoms with Crippen LogP contribution in [0.5, 0.6) is 5.75 Å². The van der Waals surface area contributed by atoms with Gasteiger partial charge in [0.1, 0.15) is 5.75 Å². The van der Waals surface area contributed by atoms with Gasteiger partial charge < -0.3 is 10.5 Å². The molecule has 0 fully saturated rings. The van der Waals surface area contributed by atoms with E-state index in [1.165, 1.54) is 0 Å². The fraction of sp³-hybridized carbons (Fsp3) is 0.143. The minimum absolute atomic E-state index is 0.0930. The van der Waals surface area contributed by atoms with E-state index in [0.29, 0.717) is 29.1 Å². The van der Waals surface area contributed by atoms with E-state index < -0.39 is 0 Å². The number of nitrogens with zero attached hydrogens (tertiary/aromatic N) is 1. The van der Waals surface area contributed by atoms with Gasteiger partial charge in [-0.3, -0.25) is 9.78 Å². The second-order valence-corrected chi connectivity index (χ2v) is 3.77. The van der Waals surface area contributed by atoms with E-state index in [1.807, 2.05) is 6.07 Å². The van der Waals surface area contributed by atoms with Gasteiger partial charge in [-0.25, -0.2) is 0 Å². The number of hydrogen-bond donors (Lipinski definition) is 1. The molecule has 1 heterocycles. The van der Waals surface area contributed by atoms with Crippen LogP contribution in [-0.4, -0.2) is 17.9 Å². The summed E-state index contributed by atoms with van der Waals surface area (Å²) < 4.78 is 5.18. The monoisotopic (exact) mass is 242 g/mol. The number of aromatic nitrogens is 1. The molecule has 4 heteroatoms. The predicted molar refractivity (Wildman–Crippen MR) is 68.6 cm³/mol. The summed E-state index contributed by atoms with van der Waals surface area (Å²) in [5.74, 6) is 0.471. The molecule has 0 aliphatic heterocycles. The maximum atomic E-state index is 12.3. The molecule has 1 aromatic carbocycles. The molecule has 0 radical (unpaired) electrons. The summed E-state index contributed by atoms with van der Waals surface area (Å²) >= 11 is 0. The Morgan fingerprint density at radius 2 is 2.11 bits per heavy atom. The van der Waals surface area contributed by atoms with E-state index in [-0.39, 0.29) is 5.78 Å². The molecule has 92 valence electrons. The van der Waals surface area contributed by atoms with Gasteiger partial charge in [-0.15, -0.1) is 0 Å². The number of nitrogens with two attached hydrogens (primary N) is 1. The molecule has 0 saturated carbocycles. The van der Waals surface area contributed by atoms with Crippen LogP contribution in [0.2, 0.25) is 0 Å². The molecule has 0 bridgehead atoms. The van der Waals surface area contributed by atoms with E-state index in [9.17, 15) is 4.79 Å². The molecule has 2 N–H and O–H groups in total. The van der Waals surface area contributed by atoms with Crippen LogP contribution in [0.15, 0.2) is 42.6 Å². The molecule has 1 aromatic heterocycles. The number of ketones is 1. The molecule has 0 aliphatic rings. The first kappa shape index (κ1) is 12.3. The lowest BCUT2D eigenvalue weighted by Crippen LogP contribution is -2.06. The van der Waals surface area contributed by atoms with Crippen molar-refractivity contribution in [3.8, 4) is 5.75 Å². The topological polar surface area (TPSA) is 65.2 Å². The van der Waals surface area contributed by atoms with Crippen LogP contribution >= 0.6 is 0 Å². The number of benzene rings is 1. The highest BCUT2D eigenvalue weighted by molar-refractivity contribution is 6.10. The van der Waals surface area contributed by atoms with E-state index in [2.05, 4.69) is 4.98 Å². The number of para-hydroxylation sites is 1. The fourth-order valence-corrected chi connectivity index (χ4v) is 1.72. The van der Waals surface area contributed by atoms with Crippen molar-refractivity contribution in [1.29, 1.82) is 0 Å². The van der Waals surface area contributed by atoms with Gasteiger partial charge in [0.05, 0.1) is 18.4 Å². The highest BCUT2D eigenvalue weighted by Gasteiger charge is 2.14. The maximum absolute atomic E-state index is 12.3. The van der Waals surface area contributed by atoms with E-state index in [0.717, 1.165) is 0 Å². The first-order chi connectivity index (χ1) is 8.76. The molecule has 0 unspecified atom stereocenters. The van der Waals surface area contributed by atoms with Crippen LogP contribution in [0.25, 0.3) is 0 Å². The van der Waals surface area contributed by atoms with Crippen LogP contribution in [0.1, 0.15) is 21.6 Å². The van der Waals surface area contributed by atoms with Crippen molar-refractivity contribution >= 4 is 5.78 Å². The second kappa shape index (κ2) is 5.42. The molecule has 2 aromatic rings. The van der Waals surface area contributed by atoms with Crippen LogP contribution in [0, 0.1) is 0 Å². The van der Waals surface area contributed by atoms with Crippen molar-refractivity contribution in [2.75, 3.05) is 7.11 Å². The third-order valence-corrected chi connectivity index (χ3v) is 2.64. The van der Waals surface area contributed by atoms with E-state index in [4.69, 9.17) is 10.5 Å². The largest absolute Gasteiger partial charge is 0.496 e. The predicted octanol–water partition coefficient (Wildman–Crippen LogP) is 1.78. The number of methoxy groups -OCH3 is 1. The molecule has 0 amide bonds. The van der Waals surface area contributed by atoms with Gasteiger partial charge in [0, 0.05) is 18.3 Å². The SMILES string of the molecule is COc1ccccc1C(=O)c1ccnc(CN)c1. The van der Waals surface area contributed by atoms with Crippen LogP contribution < -0.4 is 10.5 Å². The first-order valence-corrected chi connectivity index (χ1v) is 5.59. The second-order valence-electron chi connectivity index (χ2n) is 3.77. The Balaban J connectivity index is 2.41. The summed E-state index contributed by atoms with van der Waals surface area (Å²) in [6.45, 7) is 0.313. The molecule has 2 rings (SSSR count). The normalized spacial score (nSPS) is 10.1. The van der Waals surface area contributed by atoms with Crippen molar-refractivity contribution < 1.29 is 9.53 Å². The fourth-order valence-electron chi connectivity index (χ4n) is 1.72. The summed E-state index contributed by atoms with van der Waals surface area (Å²) in [6, 6.07) is 10.5. The third-order valence-electron chi connectivity index (χ3n) is 2.64. The summed E-state index contributed by atoms with van der Waals surface area (Å²) in [4.78, 5) is 16.4. The molecule has 0 spiro atoms. The highest BCUT2D eigenvalue weighted by Crippen LogP contribution is 2.21. The van der Waals surface area contributed by atoms with Crippen LogP contribution in [-0.2, 0) is 6.54 Å². The summed E-state index contributed by atoms with van der Waals surface area (Å²) in [5, 5.41) is 0. The Morgan fingerprint density at radius 1 is 1.33 bits per heavy atom. The van der Waals surface area contributed by atoms with Gasteiger partial charge in [-0.05, 0) is 24.3 Å². The Labute approximate surface area is 105 Å². The van der Waals surface area contributed by atoms with Crippen molar-refractivity contribution in [1.82, 2.24) is 4.98 Å². The molecule has 4 nitrogen and oxygen atoms in total. The van der Waals surface area contributed by atoms with Gasteiger partial charge in [0.25, 0.3) is 0 Å². The number of rotatable bonds is 4. The average Bonchev–Trinajstić information content (AvgIpc) is 2.46. The van der Waals surface area contributed by atoms with Crippen molar-refractivity contribution in [2.24, 2.45) is 5.73 Å². The molecular formula is C14H14N2O2. The quantitative estimate of drug-likeness (QED) is 0.830. The lowest BCUT2D eigenvalue weighted by Gasteiger charge is -2.07. The number of pyridine rings is 1. The first-order valence-electron chi connectivity index (χ1n) is 5.59. The Bertz CT molecular complexity index is 567. The highest BCUT2D eigenvalue weighted by atomic mass is 16.5. The minimum atomic E-state index is -0.0930. The molecule has 0 atom stereocenters. The molecular weight excluding hydrogens is 228 g/mol. The van der Waals surface area contributed by atoms with Gasteiger partial charge >= 0.3 is 0 Å². The molecule has 18 heavy (non-hydrogen) atoms. The summed E-state index contributed by atoms with van der Waals surface area (Å²) in [6.07, 6.45) is 1.59. The third kappa shape index (κ3) is 2.38. The summed E-state index contributed by atoms with van der Waals surface area (Å²) in [5.41, 5.74) is 7.31. The average molecular weight is 242 g/mol. The molecule has 0 aliphatic carbocycles. The lowest BCUT2D eigenvalue weighted by molar-refractivity contribution is 0.103. The van der Waals surface area contributed by atoms with Gasteiger partial charge in [0.15, 0.2) is 5.78 Å². The zero-order chi connectivity index (χ0) is 13.0. The zero-order valence-corrected chi connectivity index (χ0v) is 10.1. The smallest absolute Gasteiger partial charge is 0.196 e. The van der Waals surface area contributed by atoms with E-state index >= 15 is 0 Å². The Kier molecular flexibility index (Phi) is 3.69. The van der Waals surface area contributed by atoms with Crippen molar-refractivity contribution in [2.45, 2.75) is 6.54 Å². The number of hydrogen-bond acceptors (Lipinski definition) is 4. The number of ether oxygens (including phenoxy) is 1. The summed E-state index contributed by atoms with van der Waals surface area (Å²) in [7, 11) is 1.55. The van der Waals surface area contributed by atoms with Crippen LogP contribution in [0.3, 0.4) is 0 Å². The maximum Gasteiger partial charge on any atom is 0.196 e. The molecule has 0 saturated heterocycles. The van der Waals surface area contributed by atoms with Gasteiger partial charge in [0.2, 0.25) is 0 Å². The standard InChI is InChI=1S/C14H14N2O2/c1-18-13-5-3-2-4-12(13)14(17)10-6-7-16-11(8-10)9-15/h2-8H,9,15H2,1H3. The lowest BCUT2D eigenvalue weighted by atomic mass is 10.0. The number of carbonyl (C=O) groups excluding carboxylic acids is 1.